The van der Waals surface area contributed by atoms with Crippen molar-refractivity contribution in [1.29, 1.82) is 0 Å². The van der Waals surface area contributed by atoms with Crippen molar-refractivity contribution in [3.8, 4) is 0 Å². The van der Waals surface area contributed by atoms with Gasteiger partial charge in [-0.25, -0.2) is 4.79 Å². The summed E-state index contributed by atoms with van der Waals surface area (Å²) in [7, 11) is -3.11. The van der Waals surface area contributed by atoms with E-state index in [0.29, 0.717) is 10.9 Å². The maximum Gasteiger partial charge on any atom is 0.338 e. The highest BCUT2D eigenvalue weighted by molar-refractivity contribution is 7.50. The second kappa shape index (κ2) is 5.53. The minimum Gasteiger partial charge on any atom is -0.465 e. The minimum atomic E-state index is -4.36. The number of hydrogen-bond donors (Lipinski definition) is 2. The first-order valence-corrected chi connectivity index (χ1v) is 9.51. The van der Waals surface area contributed by atoms with Crippen molar-refractivity contribution in [2.24, 2.45) is 0 Å². The number of hydrogen-bond acceptors (Lipinski definition) is 3. The lowest BCUT2D eigenvalue weighted by molar-refractivity contribution is 0.0600. The molecular weight excluding hydrogens is 339 g/mol. The lowest BCUT2D eigenvalue weighted by atomic mass is 9.90. The van der Waals surface area contributed by atoms with Crippen LogP contribution in [0.4, 0.5) is 0 Å². The summed E-state index contributed by atoms with van der Waals surface area (Å²) in [5.74, 6) is -0.603. The Bertz CT molecular complexity index is 1160. The van der Waals surface area contributed by atoms with E-state index in [0.717, 1.165) is 26.9 Å². The van der Waals surface area contributed by atoms with E-state index >= 15 is 0 Å². The molecule has 4 aromatic rings. The van der Waals surface area contributed by atoms with Crippen LogP contribution in [-0.4, -0.2) is 22.9 Å². The number of ether oxygens (including phenoxy) is 1. The number of esters is 1. The van der Waals surface area contributed by atoms with E-state index < -0.39 is 19.7 Å². The highest BCUT2D eigenvalue weighted by Crippen LogP contribution is 2.45. The van der Waals surface area contributed by atoms with Gasteiger partial charge in [0.2, 0.25) is 0 Å². The predicted octanol–water partition coefficient (Wildman–Crippen LogP) is 4.05. The fourth-order valence-corrected chi connectivity index (χ4v) is 4.29. The van der Waals surface area contributed by atoms with Gasteiger partial charge < -0.3 is 14.5 Å². The van der Waals surface area contributed by atoms with Gasteiger partial charge in [-0.05, 0) is 43.9 Å². The standard InChI is InChI=1S/C19H15O5P/c1-24-19(20)15-9-13-6-5-11-3-2-4-12-7-8-14(18(13)17(11)12)16(15)10-25(21,22)23/h2-9H,10H2,1H3,(H2,21,22,23). The number of benzene rings is 4. The van der Waals surface area contributed by atoms with Crippen LogP contribution in [0.15, 0.2) is 48.5 Å². The average Bonchev–Trinajstić information content (AvgIpc) is 2.58. The van der Waals surface area contributed by atoms with E-state index in [-0.39, 0.29) is 5.56 Å². The summed E-state index contributed by atoms with van der Waals surface area (Å²) in [4.78, 5) is 31.2. The van der Waals surface area contributed by atoms with Crippen molar-refractivity contribution in [3.63, 3.8) is 0 Å². The monoisotopic (exact) mass is 354 g/mol. The Kier molecular flexibility index (Phi) is 3.55. The van der Waals surface area contributed by atoms with Crippen molar-refractivity contribution < 1.29 is 23.9 Å². The largest absolute Gasteiger partial charge is 0.465 e. The summed E-state index contributed by atoms with van der Waals surface area (Å²) in [5, 5.41) is 5.54. The van der Waals surface area contributed by atoms with Crippen molar-refractivity contribution in [1.82, 2.24) is 0 Å². The molecule has 0 unspecified atom stereocenters. The summed E-state index contributed by atoms with van der Waals surface area (Å²) >= 11 is 0. The van der Waals surface area contributed by atoms with E-state index in [1.807, 2.05) is 42.5 Å². The summed E-state index contributed by atoms with van der Waals surface area (Å²) in [6.07, 6.45) is -0.508. The molecule has 25 heavy (non-hydrogen) atoms. The van der Waals surface area contributed by atoms with Crippen molar-refractivity contribution >= 4 is 45.9 Å². The third-order valence-electron chi connectivity index (χ3n) is 4.53. The molecule has 0 radical (unpaired) electrons. The summed E-state index contributed by atoms with van der Waals surface area (Å²) in [6, 6.07) is 15.3. The minimum absolute atomic E-state index is 0.191. The second-order valence-electron chi connectivity index (χ2n) is 6.07. The van der Waals surface area contributed by atoms with Gasteiger partial charge in [0.1, 0.15) is 0 Å². The molecule has 0 amide bonds. The van der Waals surface area contributed by atoms with Gasteiger partial charge in [0.15, 0.2) is 0 Å². The fraction of sp³-hybridized carbons (Fsp3) is 0.105. The Hall–Kier alpha value is -2.46. The number of methoxy groups -OCH3 is 1. The van der Waals surface area contributed by atoms with Crippen LogP contribution in [0.3, 0.4) is 0 Å². The zero-order valence-electron chi connectivity index (χ0n) is 13.4. The highest BCUT2D eigenvalue weighted by Gasteiger charge is 2.24. The zero-order chi connectivity index (χ0) is 17.8. The Morgan fingerprint density at radius 3 is 2.28 bits per heavy atom. The van der Waals surface area contributed by atoms with Crippen molar-refractivity contribution in [3.05, 3.63) is 59.7 Å². The molecule has 6 heteroatoms. The van der Waals surface area contributed by atoms with Crippen LogP contribution in [0.5, 0.6) is 0 Å². The molecule has 2 N–H and O–H groups in total. The molecule has 0 saturated carbocycles. The van der Waals surface area contributed by atoms with Gasteiger partial charge in [0.05, 0.1) is 18.8 Å². The zero-order valence-corrected chi connectivity index (χ0v) is 14.3. The molecule has 5 nitrogen and oxygen atoms in total. The van der Waals surface area contributed by atoms with Crippen LogP contribution >= 0.6 is 7.60 Å². The third-order valence-corrected chi connectivity index (χ3v) is 5.26. The molecule has 0 aromatic heterocycles. The van der Waals surface area contributed by atoms with Gasteiger partial charge in [-0.1, -0.05) is 42.5 Å². The molecule has 0 saturated heterocycles. The molecule has 4 aromatic carbocycles. The molecule has 4 rings (SSSR count). The van der Waals surface area contributed by atoms with Crippen molar-refractivity contribution in [2.45, 2.75) is 6.16 Å². The average molecular weight is 354 g/mol. The van der Waals surface area contributed by atoms with Crippen molar-refractivity contribution in [2.75, 3.05) is 7.11 Å². The Labute approximate surface area is 143 Å². The van der Waals surface area contributed by atoms with Crippen LogP contribution in [0.25, 0.3) is 32.3 Å². The van der Waals surface area contributed by atoms with E-state index in [9.17, 15) is 19.1 Å². The molecule has 126 valence electrons. The normalized spacial score (nSPS) is 12.3. The lowest BCUT2D eigenvalue weighted by Gasteiger charge is -2.17. The van der Waals surface area contributed by atoms with Crippen LogP contribution in [0.1, 0.15) is 15.9 Å². The molecule has 0 bridgehead atoms. The first-order chi connectivity index (χ1) is 11.9. The number of rotatable bonds is 3. The summed E-state index contributed by atoms with van der Waals surface area (Å²) < 4.78 is 16.5. The number of carbonyl (C=O) groups excluding carboxylic acids is 1. The van der Waals surface area contributed by atoms with Gasteiger partial charge in [0, 0.05) is 0 Å². The summed E-state index contributed by atoms with van der Waals surface area (Å²) in [5.41, 5.74) is 0.516. The van der Waals surface area contributed by atoms with Gasteiger partial charge in [-0.15, -0.1) is 0 Å². The van der Waals surface area contributed by atoms with Gasteiger partial charge in [-0.2, -0.15) is 0 Å². The van der Waals surface area contributed by atoms with E-state index in [1.54, 1.807) is 6.07 Å². The quantitative estimate of drug-likeness (QED) is 0.329. The molecular formula is C19H15O5P. The van der Waals surface area contributed by atoms with Crippen LogP contribution in [-0.2, 0) is 15.5 Å². The molecule has 0 heterocycles. The van der Waals surface area contributed by atoms with E-state index in [4.69, 9.17) is 4.74 Å². The molecule has 0 aliphatic rings. The van der Waals surface area contributed by atoms with E-state index in [1.165, 1.54) is 7.11 Å². The second-order valence-corrected chi connectivity index (χ2v) is 7.72. The first kappa shape index (κ1) is 16.0. The molecule has 0 aliphatic carbocycles. The topological polar surface area (TPSA) is 83.8 Å². The third kappa shape index (κ3) is 2.57. The maximum atomic E-state index is 12.2. The first-order valence-electron chi connectivity index (χ1n) is 7.71. The Balaban J connectivity index is 2.21. The van der Waals surface area contributed by atoms with Gasteiger partial charge in [0.25, 0.3) is 0 Å². The Morgan fingerprint density at radius 1 is 1.00 bits per heavy atom. The molecule has 0 fully saturated rings. The van der Waals surface area contributed by atoms with E-state index in [2.05, 4.69) is 0 Å². The SMILES string of the molecule is COC(=O)c1cc2ccc3cccc4ccc(c1CP(=O)(O)O)c2c34. The summed E-state index contributed by atoms with van der Waals surface area (Å²) in [6.45, 7) is 0. The molecule has 0 atom stereocenters. The number of carbonyl (C=O) groups is 1. The van der Waals surface area contributed by atoms with Gasteiger partial charge >= 0.3 is 13.6 Å². The van der Waals surface area contributed by atoms with Gasteiger partial charge in [-0.3, -0.25) is 4.57 Å². The lowest BCUT2D eigenvalue weighted by Crippen LogP contribution is -2.07. The maximum absolute atomic E-state index is 12.2. The molecule has 0 aliphatic heterocycles. The van der Waals surface area contributed by atoms with Crippen LogP contribution in [0, 0.1) is 0 Å². The molecule has 0 spiro atoms. The Morgan fingerprint density at radius 2 is 1.64 bits per heavy atom. The fourth-order valence-electron chi connectivity index (χ4n) is 3.54. The van der Waals surface area contributed by atoms with Crippen LogP contribution < -0.4 is 0 Å². The highest BCUT2D eigenvalue weighted by atomic mass is 31.2. The smallest absolute Gasteiger partial charge is 0.338 e. The predicted molar refractivity (Wildman–Crippen MR) is 97.2 cm³/mol. The van der Waals surface area contributed by atoms with Crippen LogP contribution in [0.2, 0.25) is 0 Å².